The average molecular weight is 544 g/mol. The Balaban J connectivity index is 1.13. The van der Waals surface area contributed by atoms with Crippen LogP contribution in [0.3, 0.4) is 0 Å². The molecular formula is C29H37N9O2. The molecule has 2 aliphatic rings. The van der Waals surface area contributed by atoms with Gasteiger partial charge in [0, 0.05) is 87.7 Å². The highest BCUT2D eigenvalue weighted by molar-refractivity contribution is 5.89. The van der Waals surface area contributed by atoms with E-state index in [-0.39, 0.29) is 11.9 Å². The zero-order valence-electron chi connectivity index (χ0n) is 22.9. The molecule has 11 nitrogen and oxygen atoms in total. The van der Waals surface area contributed by atoms with E-state index < -0.39 is 0 Å². The van der Waals surface area contributed by atoms with Crippen molar-refractivity contribution in [2.24, 2.45) is 0 Å². The van der Waals surface area contributed by atoms with Crippen LogP contribution >= 0.6 is 0 Å². The van der Waals surface area contributed by atoms with Crippen molar-refractivity contribution < 1.29 is 9.59 Å². The molecule has 1 aromatic heterocycles. The number of hydrogen-bond acceptors (Lipinski definition) is 8. The van der Waals surface area contributed by atoms with Crippen molar-refractivity contribution in [3.05, 3.63) is 60.8 Å². The zero-order chi connectivity index (χ0) is 27.7. The van der Waals surface area contributed by atoms with E-state index in [0.717, 1.165) is 75.0 Å². The molecule has 4 N–H and O–H groups in total. The van der Waals surface area contributed by atoms with Gasteiger partial charge < -0.3 is 31.1 Å². The number of nitrogens with zero attached hydrogens (tertiary/aromatic N) is 5. The predicted octanol–water partition coefficient (Wildman–Crippen LogP) is 2.58. The van der Waals surface area contributed by atoms with Gasteiger partial charge in [0.15, 0.2) is 0 Å². The van der Waals surface area contributed by atoms with Gasteiger partial charge in [-0.2, -0.15) is 0 Å². The summed E-state index contributed by atoms with van der Waals surface area (Å²) in [4.78, 5) is 40.0. The van der Waals surface area contributed by atoms with Gasteiger partial charge in [-0.05, 0) is 49.4 Å². The van der Waals surface area contributed by atoms with Crippen LogP contribution in [0.5, 0.6) is 0 Å². The Bertz CT molecular complexity index is 1270. The number of aromatic nitrogens is 2. The van der Waals surface area contributed by atoms with Crippen LogP contribution in [0.4, 0.5) is 27.8 Å². The summed E-state index contributed by atoms with van der Waals surface area (Å²) in [5, 5.41) is 12.1. The molecule has 2 fully saturated rings. The molecule has 0 saturated carbocycles. The molecule has 0 spiro atoms. The van der Waals surface area contributed by atoms with Crippen LogP contribution in [0.1, 0.15) is 6.92 Å². The number of urea groups is 1. The highest BCUT2D eigenvalue weighted by atomic mass is 16.2. The fourth-order valence-electron chi connectivity index (χ4n) is 4.90. The number of piperazine rings is 2. The third-order valence-electron chi connectivity index (χ3n) is 7.12. The molecule has 40 heavy (non-hydrogen) atoms. The van der Waals surface area contributed by atoms with Gasteiger partial charge >= 0.3 is 6.03 Å². The maximum absolute atomic E-state index is 12.7. The first-order valence-electron chi connectivity index (χ1n) is 13.9. The number of benzene rings is 2. The van der Waals surface area contributed by atoms with E-state index >= 15 is 0 Å². The number of anilines is 4. The van der Waals surface area contributed by atoms with Gasteiger partial charge in [-0.25, -0.2) is 14.8 Å². The standard InChI is InChI=1S/C29H37N9O2/c1-2-31-29(40)34-24-5-3-22(4-6-24)26-11-12-32-28(35-26)33-23-7-9-25(10-8-23)37-17-19-38(20-18-37)27(39)21-36-15-13-30-14-16-36/h3-12,30H,2,13-21H2,1H3,(H2,31,34,40)(H,32,33,35). The van der Waals surface area contributed by atoms with Crippen LogP contribution in [-0.2, 0) is 4.79 Å². The first kappa shape index (κ1) is 27.4. The van der Waals surface area contributed by atoms with Gasteiger partial charge in [-0.3, -0.25) is 9.69 Å². The summed E-state index contributed by atoms with van der Waals surface area (Å²) in [7, 11) is 0. The maximum Gasteiger partial charge on any atom is 0.319 e. The van der Waals surface area contributed by atoms with Crippen LogP contribution in [0.25, 0.3) is 11.3 Å². The Kier molecular flexibility index (Phi) is 9.04. The van der Waals surface area contributed by atoms with Gasteiger partial charge in [0.05, 0.1) is 12.2 Å². The third kappa shape index (κ3) is 7.25. The number of hydrogen-bond donors (Lipinski definition) is 4. The van der Waals surface area contributed by atoms with Gasteiger partial charge in [0.25, 0.3) is 0 Å². The van der Waals surface area contributed by atoms with E-state index in [9.17, 15) is 9.59 Å². The molecule has 3 aromatic rings. The number of amides is 3. The van der Waals surface area contributed by atoms with E-state index in [1.165, 1.54) is 0 Å². The SMILES string of the molecule is CCNC(=O)Nc1ccc(-c2ccnc(Nc3ccc(N4CCN(C(=O)CN5CCNCC5)CC4)cc3)n2)cc1. The van der Waals surface area contributed by atoms with E-state index in [2.05, 4.69) is 53.2 Å². The van der Waals surface area contributed by atoms with Gasteiger partial charge in [0.2, 0.25) is 11.9 Å². The second-order valence-electron chi connectivity index (χ2n) is 9.89. The highest BCUT2D eigenvalue weighted by Gasteiger charge is 2.23. The topological polar surface area (TPSA) is 118 Å². The lowest BCUT2D eigenvalue weighted by molar-refractivity contribution is -0.132. The minimum atomic E-state index is -0.228. The van der Waals surface area contributed by atoms with Crippen LogP contribution in [-0.4, -0.2) is 97.2 Å². The average Bonchev–Trinajstić information content (AvgIpc) is 2.99. The van der Waals surface area contributed by atoms with E-state index in [1.54, 1.807) is 6.20 Å². The van der Waals surface area contributed by atoms with Crippen molar-refractivity contribution in [2.45, 2.75) is 6.92 Å². The third-order valence-corrected chi connectivity index (χ3v) is 7.12. The van der Waals surface area contributed by atoms with E-state index in [4.69, 9.17) is 0 Å². The summed E-state index contributed by atoms with van der Waals surface area (Å²) in [5.41, 5.74) is 4.45. The Hall–Kier alpha value is -4.22. The molecule has 5 rings (SSSR count). The summed E-state index contributed by atoms with van der Waals surface area (Å²) < 4.78 is 0. The minimum Gasteiger partial charge on any atom is -0.368 e. The molecule has 2 saturated heterocycles. The lowest BCUT2D eigenvalue weighted by atomic mass is 10.1. The summed E-state index contributed by atoms with van der Waals surface area (Å²) in [5.74, 6) is 0.738. The monoisotopic (exact) mass is 543 g/mol. The molecule has 3 amide bonds. The largest absolute Gasteiger partial charge is 0.368 e. The molecular weight excluding hydrogens is 506 g/mol. The van der Waals surface area contributed by atoms with E-state index in [1.807, 2.05) is 54.3 Å². The molecule has 11 heteroatoms. The molecule has 0 aliphatic carbocycles. The second-order valence-corrected chi connectivity index (χ2v) is 9.89. The molecule has 2 aliphatic heterocycles. The van der Waals surface area contributed by atoms with Crippen LogP contribution in [0, 0.1) is 0 Å². The van der Waals surface area contributed by atoms with Gasteiger partial charge in [-0.1, -0.05) is 12.1 Å². The number of carbonyl (C=O) groups is 2. The van der Waals surface area contributed by atoms with Crippen molar-refractivity contribution in [1.82, 2.24) is 30.4 Å². The summed E-state index contributed by atoms with van der Waals surface area (Å²) >= 11 is 0. The smallest absolute Gasteiger partial charge is 0.319 e. The normalized spacial score (nSPS) is 15.9. The number of carbonyl (C=O) groups excluding carboxylic acids is 2. The molecule has 0 bridgehead atoms. The van der Waals surface area contributed by atoms with Crippen molar-refractivity contribution in [1.29, 1.82) is 0 Å². The summed E-state index contributed by atoms with van der Waals surface area (Å²) in [6, 6.07) is 17.4. The Morgan fingerprint density at radius 1 is 0.875 bits per heavy atom. The molecule has 0 radical (unpaired) electrons. The van der Waals surface area contributed by atoms with Crippen LogP contribution in [0.15, 0.2) is 60.8 Å². The molecule has 2 aromatic carbocycles. The molecule has 0 atom stereocenters. The fraction of sp³-hybridized carbons (Fsp3) is 0.379. The Morgan fingerprint density at radius 3 is 2.27 bits per heavy atom. The first-order valence-corrected chi connectivity index (χ1v) is 13.9. The fourth-order valence-corrected chi connectivity index (χ4v) is 4.90. The minimum absolute atomic E-state index is 0.228. The lowest BCUT2D eigenvalue weighted by Crippen LogP contribution is -2.53. The quantitative estimate of drug-likeness (QED) is 0.343. The van der Waals surface area contributed by atoms with Crippen molar-refractivity contribution in [3.63, 3.8) is 0 Å². The molecule has 0 unspecified atom stereocenters. The van der Waals surface area contributed by atoms with Crippen molar-refractivity contribution in [2.75, 3.05) is 81.0 Å². The van der Waals surface area contributed by atoms with Crippen LogP contribution in [0.2, 0.25) is 0 Å². The molecule has 210 valence electrons. The van der Waals surface area contributed by atoms with Crippen molar-refractivity contribution in [3.8, 4) is 11.3 Å². The van der Waals surface area contributed by atoms with Gasteiger partial charge in [0.1, 0.15) is 0 Å². The lowest BCUT2D eigenvalue weighted by Gasteiger charge is -2.37. The first-order chi connectivity index (χ1) is 19.6. The Labute approximate surface area is 235 Å². The number of nitrogens with one attached hydrogen (secondary N) is 4. The zero-order valence-corrected chi connectivity index (χ0v) is 22.9. The summed E-state index contributed by atoms with van der Waals surface area (Å²) in [6.45, 7) is 9.88. The maximum atomic E-state index is 12.7. The van der Waals surface area contributed by atoms with Gasteiger partial charge in [-0.15, -0.1) is 0 Å². The highest BCUT2D eigenvalue weighted by Crippen LogP contribution is 2.24. The number of rotatable bonds is 8. The predicted molar refractivity (Wildman–Crippen MR) is 158 cm³/mol. The summed E-state index contributed by atoms with van der Waals surface area (Å²) in [6.07, 6.45) is 1.73. The van der Waals surface area contributed by atoms with Crippen LogP contribution < -0.4 is 26.2 Å². The Morgan fingerprint density at radius 2 is 1.57 bits per heavy atom. The van der Waals surface area contributed by atoms with Crippen molar-refractivity contribution >= 4 is 34.9 Å². The molecule has 3 heterocycles. The van der Waals surface area contributed by atoms with E-state index in [0.29, 0.717) is 24.7 Å². The second kappa shape index (κ2) is 13.2.